The molecule has 2 spiro atoms. The second kappa shape index (κ2) is 10.0. The van der Waals surface area contributed by atoms with Crippen LogP contribution in [0, 0.1) is 33.5 Å². The van der Waals surface area contributed by atoms with Crippen molar-refractivity contribution in [3.05, 3.63) is 84.0 Å². The molecule has 3 N–H and O–H groups in total. The Hall–Kier alpha value is -2.93. The van der Waals surface area contributed by atoms with Gasteiger partial charge in [-0.05, 0) is 74.3 Å². The molecule has 1 saturated heterocycles. The lowest BCUT2D eigenvalue weighted by Gasteiger charge is -2.71. The fourth-order valence-corrected chi connectivity index (χ4v) is 11.6. The Labute approximate surface area is 267 Å². The van der Waals surface area contributed by atoms with Gasteiger partial charge in [-0.15, -0.1) is 0 Å². The summed E-state index contributed by atoms with van der Waals surface area (Å²) in [5.74, 6) is 0.899. The van der Waals surface area contributed by atoms with Crippen LogP contribution in [0.3, 0.4) is 0 Å². The number of para-hydroxylation sites is 2. The van der Waals surface area contributed by atoms with Crippen molar-refractivity contribution in [3.8, 4) is 5.75 Å². The van der Waals surface area contributed by atoms with Crippen molar-refractivity contribution in [2.75, 3.05) is 37.6 Å². The number of ketones is 1. The lowest BCUT2D eigenvalue weighted by molar-refractivity contribution is -0.176. The number of carbonyl (C=O) groups excluding carboxylic acids is 1. The number of carbonyl (C=O) groups is 1. The number of aliphatic hydroxyl groups excluding tert-OH is 1. The third-order valence-electron chi connectivity index (χ3n) is 14.1. The maximum Gasteiger partial charge on any atom is 0.189 e. The zero-order valence-electron chi connectivity index (χ0n) is 26.8. The van der Waals surface area contributed by atoms with E-state index in [1.54, 1.807) is 6.07 Å². The lowest BCUT2D eigenvalue weighted by Crippen LogP contribution is -2.67. The molecular weight excluding hydrogens is 560 g/mol. The highest BCUT2D eigenvalue weighted by atomic mass is 16.3. The topological polar surface area (TPSA) is 84.2 Å². The molecule has 6 heteroatoms. The molecule has 1 heterocycles. The van der Waals surface area contributed by atoms with Gasteiger partial charge in [-0.25, -0.2) is 0 Å². The number of piperazine rings is 1. The SMILES string of the molecule is C[C@]12CC[C@H]3[C@]4(C=C[C@@]5(C=C4C(=O)c4ccccc4)CC(O)CC[C@]35C)[C@@H]1CC[C@@]2(O)CN1CCN(c2ccccc2O)CC1. The number of aromatic hydroxyl groups is 1. The fraction of sp³-hybridized carbons (Fsp3) is 0.564. The first-order chi connectivity index (χ1) is 21.6. The standard InChI is InChI=1S/C39H48N2O4/c1-35-15-12-28(42)24-37(35)18-19-39(29(25-37)34(44)27-8-4-3-5-9-27)32(35)13-16-36(2)33(39)14-17-38(36,45)26-40-20-22-41(23-21-40)30-10-6-7-11-31(30)43/h3-11,18-19,25,28,32-33,42-43,45H,12-17,20-24,26H2,1-2H3/t28?,32-,33-,35-,36+,37+,38-,39-/m1/s1. The molecule has 6 nitrogen and oxygen atoms in total. The molecule has 9 rings (SSSR count). The Bertz CT molecular complexity index is 1560. The third kappa shape index (κ3) is 3.94. The van der Waals surface area contributed by atoms with Crippen molar-refractivity contribution in [1.82, 2.24) is 4.90 Å². The number of rotatable bonds is 5. The van der Waals surface area contributed by atoms with Crippen molar-refractivity contribution >= 4 is 11.5 Å². The summed E-state index contributed by atoms with van der Waals surface area (Å²) < 4.78 is 0. The van der Waals surface area contributed by atoms with E-state index < -0.39 is 11.0 Å². The molecule has 0 amide bonds. The molecule has 238 valence electrons. The average Bonchev–Trinajstić information content (AvgIpc) is 3.31. The number of benzene rings is 2. The van der Waals surface area contributed by atoms with E-state index in [-0.39, 0.29) is 34.1 Å². The van der Waals surface area contributed by atoms with E-state index in [1.165, 1.54) is 0 Å². The number of Topliss-reactive ketones (excluding diaryl/α,β-unsaturated/α-hetero) is 1. The van der Waals surface area contributed by atoms with Gasteiger partial charge in [-0.2, -0.15) is 0 Å². The van der Waals surface area contributed by atoms with E-state index in [2.05, 4.69) is 41.9 Å². The number of anilines is 1. The summed E-state index contributed by atoms with van der Waals surface area (Å²) in [6, 6.07) is 17.3. The Balaban J connectivity index is 1.13. The lowest BCUT2D eigenvalue weighted by atomic mass is 9.32. The number of hydrogen-bond acceptors (Lipinski definition) is 6. The van der Waals surface area contributed by atoms with Crippen LogP contribution in [-0.4, -0.2) is 70.4 Å². The van der Waals surface area contributed by atoms with Crippen molar-refractivity contribution in [3.63, 3.8) is 0 Å². The van der Waals surface area contributed by atoms with Gasteiger partial charge in [0.05, 0.1) is 17.4 Å². The molecule has 4 fully saturated rings. The summed E-state index contributed by atoms with van der Waals surface area (Å²) in [7, 11) is 0. The van der Waals surface area contributed by atoms with Crippen LogP contribution in [0.15, 0.2) is 78.4 Å². The van der Waals surface area contributed by atoms with E-state index in [0.29, 0.717) is 24.6 Å². The van der Waals surface area contributed by atoms with Crippen molar-refractivity contribution in [1.29, 1.82) is 0 Å². The van der Waals surface area contributed by atoms with Gasteiger partial charge in [0.2, 0.25) is 0 Å². The number of allylic oxidation sites excluding steroid dienone is 4. The van der Waals surface area contributed by atoms with Crippen LogP contribution in [-0.2, 0) is 0 Å². The second-order valence-electron chi connectivity index (χ2n) is 15.8. The highest BCUT2D eigenvalue weighted by Crippen LogP contribution is 2.78. The molecule has 8 atom stereocenters. The Morgan fingerprint density at radius 2 is 1.51 bits per heavy atom. The van der Waals surface area contributed by atoms with Crippen LogP contribution in [0.2, 0.25) is 0 Å². The largest absolute Gasteiger partial charge is 0.506 e. The van der Waals surface area contributed by atoms with Crippen LogP contribution in [0.5, 0.6) is 5.75 Å². The molecule has 6 aliphatic carbocycles. The van der Waals surface area contributed by atoms with Crippen LogP contribution in [0.25, 0.3) is 0 Å². The molecule has 1 aliphatic heterocycles. The minimum atomic E-state index is -0.848. The maximum absolute atomic E-state index is 14.6. The van der Waals surface area contributed by atoms with Crippen molar-refractivity contribution in [2.24, 2.45) is 33.5 Å². The summed E-state index contributed by atoms with van der Waals surface area (Å²) in [6.07, 6.45) is 12.8. The van der Waals surface area contributed by atoms with Gasteiger partial charge in [0.25, 0.3) is 0 Å². The normalized spacial score (nSPS) is 42.1. The smallest absolute Gasteiger partial charge is 0.189 e. The molecule has 2 bridgehead atoms. The second-order valence-corrected chi connectivity index (χ2v) is 15.8. The fourth-order valence-electron chi connectivity index (χ4n) is 11.6. The number of β-amino-alcohol motifs (C(OH)–C–C–N with tert-alkyl or cyclic N) is 1. The Kier molecular flexibility index (Phi) is 6.57. The number of nitrogens with zero attached hydrogens (tertiary/aromatic N) is 2. The molecule has 3 saturated carbocycles. The molecule has 0 radical (unpaired) electrons. The number of hydrogen-bond donors (Lipinski definition) is 3. The van der Waals surface area contributed by atoms with Gasteiger partial charge in [0.1, 0.15) is 5.75 Å². The van der Waals surface area contributed by atoms with E-state index in [0.717, 1.165) is 81.5 Å². The number of fused-ring (bicyclic) bond motifs is 1. The Morgan fingerprint density at radius 3 is 2.27 bits per heavy atom. The Morgan fingerprint density at radius 1 is 0.844 bits per heavy atom. The predicted octanol–water partition coefficient (Wildman–Crippen LogP) is 5.99. The average molecular weight is 609 g/mol. The van der Waals surface area contributed by atoms with Gasteiger partial charge in [-0.1, -0.05) is 74.5 Å². The van der Waals surface area contributed by atoms with Crippen molar-refractivity contribution in [2.45, 2.75) is 70.5 Å². The molecule has 1 unspecified atom stereocenters. The van der Waals surface area contributed by atoms with Crippen LogP contribution < -0.4 is 4.90 Å². The molecular formula is C39H48N2O4. The molecule has 0 aromatic heterocycles. The number of phenols is 1. The zero-order valence-corrected chi connectivity index (χ0v) is 26.8. The van der Waals surface area contributed by atoms with Gasteiger partial charge in [0.15, 0.2) is 5.78 Å². The monoisotopic (exact) mass is 608 g/mol. The summed E-state index contributed by atoms with van der Waals surface area (Å²) >= 11 is 0. The third-order valence-corrected chi connectivity index (χ3v) is 14.1. The van der Waals surface area contributed by atoms with Crippen LogP contribution in [0.4, 0.5) is 5.69 Å². The van der Waals surface area contributed by atoms with Crippen molar-refractivity contribution < 1.29 is 20.1 Å². The highest BCUT2D eigenvalue weighted by Gasteiger charge is 2.74. The summed E-state index contributed by atoms with van der Waals surface area (Å²) in [4.78, 5) is 19.2. The first-order valence-electron chi connectivity index (χ1n) is 17.2. The highest BCUT2D eigenvalue weighted by molar-refractivity contribution is 6.10. The molecule has 45 heavy (non-hydrogen) atoms. The summed E-state index contributed by atoms with van der Waals surface area (Å²) in [5.41, 5.74) is 0.589. The van der Waals surface area contributed by atoms with Crippen LogP contribution >= 0.6 is 0 Å². The molecule has 2 aromatic carbocycles. The number of aliphatic hydroxyl groups is 2. The molecule has 2 aromatic rings. The van der Waals surface area contributed by atoms with E-state index in [1.807, 2.05) is 48.5 Å². The predicted molar refractivity (Wildman–Crippen MR) is 176 cm³/mol. The van der Waals surface area contributed by atoms with Gasteiger partial charge in [-0.3, -0.25) is 9.69 Å². The maximum atomic E-state index is 14.6. The van der Waals surface area contributed by atoms with Gasteiger partial charge < -0.3 is 20.2 Å². The van der Waals surface area contributed by atoms with E-state index >= 15 is 0 Å². The van der Waals surface area contributed by atoms with Gasteiger partial charge in [0, 0.05) is 60.1 Å². The number of phenolic OH excluding ortho intramolecular Hbond substituents is 1. The van der Waals surface area contributed by atoms with E-state index in [9.17, 15) is 20.1 Å². The first-order valence-corrected chi connectivity index (χ1v) is 17.2. The molecule has 7 aliphatic rings. The summed E-state index contributed by atoms with van der Waals surface area (Å²) in [6.45, 7) is 8.71. The minimum Gasteiger partial charge on any atom is -0.506 e. The minimum absolute atomic E-state index is 0.0250. The quantitative estimate of drug-likeness (QED) is 0.286. The first kappa shape index (κ1) is 29.5. The summed E-state index contributed by atoms with van der Waals surface area (Å²) in [5, 5.41) is 34.1. The van der Waals surface area contributed by atoms with Gasteiger partial charge >= 0.3 is 0 Å². The van der Waals surface area contributed by atoms with E-state index in [4.69, 9.17) is 0 Å². The zero-order chi connectivity index (χ0) is 31.2. The van der Waals surface area contributed by atoms with Crippen LogP contribution in [0.1, 0.15) is 69.2 Å².